The second-order valence-electron chi connectivity index (χ2n) is 7.55. The van der Waals surface area contributed by atoms with Gasteiger partial charge in [-0.2, -0.15) is 0 Å². The van der Waals surface area contributed by atoms with Gasteiger partial charge in [-0.3, -0.25) is 9.89 Å². The molecular formula is C19H38N4O. The molecule has 1 saturated carbocycles. The largest absolute Gasteiger partial charge is 0.379 e. The molecule has 1 aliphatic heterocycles. The first-order chi connectivity index (χ1) is 11.7. The van der Waals surface area contributed by atoms with Gasteiger partial charge in [-0.25, -0.2) is 0 Å². The summed E-state index contributed by atoms with van der Waals surface area (Å²) < 4.78 is 5.40. The highest BCUT2D eigenvalue weighted by Crippen LogP contribution is 2.28. The van der Waals surface area contributed by atoms with Crippen LogP contribution in [-0.2, 0) is 4.74 Å². The van der Waals surface area contributed by atoms with Crippen LogP contribution in [0.3, 0.4) is 0 Å². The van der Waals surface area contributed by atoms with Gasteiger partial charge >= 0.3 is 0 Å². The topological polar surface area (TPSA) is 40.1 Å². The van der Waals surface area contributed by atoms with Crippen LogP contribution in [0.4, 0.5) is 0 Å². The lowest BCUT2D eigenvalue weighted by atomic mass is 9.83. The zero-order chi connectivity index (χ0) is 17.2. The number of rotatable bonds is 7. The van der Waals surface area contributed by atoms with E-state index < -0.39 is 0 Å². The van der Waals surface area contributed by atoms with Crippen LogP contribution in [0.1, 0.15) is 46.0 Å². The van der Waals surface area contributed by atoms with Gasteiger partial charge in [0.15, 0.2) is 5.96 Å². The van der Waals surface area contributed by atoms with Crippen LogP contribution in [0.5, 0.6) is 0 Å². The summed E-state index contributed by atoms with van der Waals surface area (Å²) in [5.74, 6) is 2.84. The van der Waals surface area contributed by atoms with Crippen molar-refractivity contribution in [3.63, 3.8) is 0 Å². The summed E-state index contributed by atoms with van der Waals surface area (Å²) in [6.07, 6.45) is 6.67. The molecule has 2 fully saturated rings. The maximum absolute atomic E-state index is 5.40. The minimum atomic E-state index is 0.836. The van der Waals surface area contributed by atoms with Crippen LogP contribution in [-0.4, -0.2) is 75.3 Å². The summed E-state index contributed by atoms with van der Waals surface area (Å²) >= 11 is 0. The molecule has 5 heteroatoms. The van der Waals surface area contributed by atoms with E-state index in [0.717, 1.165) is 76.7 Å². The van der Waals surface area contributed by atoms with Crippen LogP contribution in [0, 0.1) is 11.8 Å². The predicted octanol–water partition coefficient (Wildman–Crippen LogP) is 2.43. The number of morpholine rings is 1. The standard InChI is InChI=1S/C19H38N4O/c1-4-20-19(21-10-5-11-23-12-14-24-15-13-23)22(3)16-18-8-6-17(2)7-9-18/h17-18H,4-16H2,1-3H3,(H,20,21). The van der Waals surface area contributed by atoms with E-state index >= 15 is 0 Å². The number of aliphatic imine (C=N–C) groups is 1. The zero-order valence-electron chi connectivity index (χ0n) is 16.1. The first-order valence-electron chi connectivity index (χ1n) is 9.98. The van der Waals surface area contributed by atoms with Crippen LogP contribution < -0.4 is 5.32 Å². The third-order valence-electron chi connectivity index (χ3n) is 5.36. The van der Waals surface area contributed by atoms with E-state index in [1.807, 2.05) is 0 Å². The molecule has 1 heterocycles. The summed E-state index contributed by atoms with van der Waals surface area (Å²) in [6, 6.07) is 0. The van der Waals surface area contributed by atoms with Crippen molar-refractivity contribution in [3.8, 4) is 0 Å². The molecule has 0 spiro atoms. The quantitative estimate of drug-likeness (QED) is 0.440. The number of nitrogens with one attached hydrogen (secondary N) is 1. The lowest BCUT2D eigenvalue weighted by molar-refractivity contribution is 0.0377. The molecule has 1 saturated heterocycles. The number of hydrogen-bond acceptors (Lipinski definition) is 3. The number of guanidine groups is 1. The van der Waals surface area contributed by atoms with E-state index in [1.54, 1.807) is 0 Å². The van der Waals surface area contributed by atoms with Crippen molar-refractivity contribution in [3.05, 3.63) is 0 Å². The minimum absolute atomic E-state index is 0.836. The first-order valence-corrected chi connectivity index (χ1v) is 9.98. The van der Waals surface area contributed by atoms with Gasteiger partial charge in [0.25, 0.3) is 0 Å². The third kappa shape index (κ3) is 6.98. The molecule has 0 bridgehead atoms. The fourth-order valence-electron chi connectivity index (χ4n) is 3.76. The van der Waals surface area contributed by atoms with E-state index in [2.05, 4.69) is 36.0 Å². The maximum Gasteiger partial charge on any atom is 0.193 e. The van der Waals surface area contributed by atoms with Gasteiger partial charge in [-0.1, -0.05) is 19.8 Å². The SMILES string of the molecule is CCNC(=NCCCN1CCOCC1)N(C)CC1CCC(C)CC1. The van der Waals surface area contributed by atoms with E-state index in [0.29, 0.717) is 0 Å². The van der Waals surface area contributed by atoms with E-state index in [-0.39, 0.29) is 0 Å². The fraction of sp³-hybridized carbons (Fsp3) is 0.947. The molecule has 0 aromatic heterocycles. The summed E-state index contributed by atoms with van der Waals surface area (Å²) in [7, 11) is 2.20. The molecule has 24 heavy (non-hydrogen) atoms. The summed E-state index contributed by atoms with van der Waals surface area (Å²) in [5, 5.41) is 3.46. The zero-order valence-corrected chi connectivity index (χ0v) is 16.1. The highest BCUT2D eigenvalue weighted by Gasteiger charge is 2.20. The fourth-order valence-corrected chi connectivity index (χ4v) is 3.76. The molecule has 5 nitrogen and oxygen atoms in total. The Morgan fingerprint density at radius 1 is 1.21 bits per heavy atom. The second kappa shape index (κ2) is 10.9. The molecule has 0 radical (unpaired) electrons. The lowest BCUT2D eigenvalue weighted by Crippen LogP contribution is -2.42. The normalized spacial score (nSPS) is 26.4. The van der Waals surface area contributed by atoms with Crippen molar-refractivity contribution in [1.29, 1.82) is 0 Å². The van der Waals surface area contributed by atoms with Crippen molar-refractivity contribution in [2.45, 2.75) is 46.0 Å². The molecule has 0 amide bonds. The van der Waals surface area contributed by atoms with Gasteiger partial charge in [-0.05, 0) is 38.0 Å². The summed E-state index contributed by atoms with van der Waals surface area (Å²) in [5.41, 5.74) is 0. The Bertz CT molecular complexity index is 360. The number of ether oxygens (including phenoxy) is 1. The molecule has 2 aliphatic rings. The van der Waals surface area contributed by atoms with Crippen LogP contribution >= 0.6 is 0 Å². The molecule has 1 aliphatic carbocycles. The second-order valence-corrected chi connectivity index (χ2v) is 7.55. The van der Waals surface area contributed by atoms with Crippen LogP contribution in [0.25, 0.3) is 0 Å². The Hall–Kier alpha value is -0.810. The van der Waals surface area contributed by atoms with Crippen molar-refractivity contribution in [1.82, 2.24) is 15.1 Å². The highest BCUT2D eigenvalue weighted by molar-refractivity contribution is 5.79. The average molecular weight is 339 g/mol. The number of hydrogen-bond donors (Lipinski definition) is 1. The Labute approximate surface area is 148 Å². The van der Waals surface area contributed by atoms with E-state index in [9.17, 15) is 0 Å². The van der Waals surface area contributed by atoms with E-state index in [1.165, 1.54) is 25.7 Å². The highest BCUT2D eigenvalue weighted by atomic mass is 16.5. The monoisotopic (exact) mass is 338 g/mol. The molecule has 2 rings (SSSR count). The van der Waals surface area contributed by atoms with Crippen molar-refractivity contribution >= 4 is 5.96 Å². The molecule has 140 valence electrons. The first kappa shape index (κ1) is 19.5. The molecule has 1 N–H and O–H groups in total. The van der Waals surface area contributed by atoms with E-state index in [4.69, 9.17) is 9.73 Å². The molecule has 0 aromatic rings. The van der Waals surface area contributed by atoms with Gasteiger partial charge in [0.1, 0.15) is 0 Å². The third-order valence-corrected chi connectivity index (χ3v) is 5.36. The Kier molecular flexibility index (Phi) is 8.89. The van der Waals surface area contributed by atoms with Gasteiger partial charge in [0.05, 0.1) is 13.2 Å². The maximum atomic E-state index is 5.40. The van der Waals surface area contributed by atoms with Crippen LogP contribution in [0.2, 0.25) is 0 Å². The number of nitrogens with zero attached hydrogens (tertiary/aromatic N) is 3. The van der Waals surface area contributed by atoms with Gasteiger partial charge in [0.2, 0.25) is 0 Å². The smallest absolute Gasteiger partial charge is 0.193 e. The minimum Gasteiger partial charge on any atom is -0.379 e. The predicted molar refractivity (Wildman–Crippen MR) is 102 cm³/mol. The average Bonchev–Trinajstić information content (AvgIpc) is 2.60. The summed E-state index contributed by atoms with van der Waals surface area (Å²) in [6.45, 7) is 12.6. The van der Waals surface area contributed by atoms with Crippen LogP contribution in [0.15, 0.2) is 4.99 Å². The Morgan fingerprint density at radius 3 is 2.58 bits per heavy atom. The molecule has 0 aromatic carbocycles. The van der Waals surface area contributed by atoms with Gasteiger partial charge in [0, 0.05) is 46.3 Å². The Balaban J connectivity index is 1.71. The van der Waals surface area contributed by atoms with Crippen molar-refractivity contribution in [2.75, 3.05) is 59.5 Å². The molecule has 0 atom stereocenters. The Morgan fingerprint density at radius 2 is 1.92 bits per heavy atom. The van der Waals surface area contributed by atoms with Crippen molar-refractivity contribution in [2.24, 2.45) is 16.8 Å². The van der Waals surface area contributed by atoms with Gasteiger partial charge in [-0.15, -0.1) is 0 Å². The van der Waals surface area contributed by atoms with Crippen molar-refractivity contribution < 1.29 is 4.74 Å². The summed E-state index contributed by atoms with van der Waals surface area (Å²) in [4.78, 5) is 9.68. The lowest BCUT2D eigenvalue weighted by Gasteiger charge is -2.31. The molecular weight excluding hydrogens is 300 g/mol. The molecule has 0 unspecified atom stereocenters. The van der Waals surface area contributed by atoms with Gasteiger partial charge < -0.3 is 15.0 Å².